The summed E-state index contributed by atoms with van der Waals surface area (Å²) < 4.78 is 4.99. The number of ether oxygens (including phenoxy) is 1. The van der Waals surface area contributed by atoms with Gasteiger partial charge in [0.05, 0.1) is 5.54 Å². The minimum atomic E-state index is -0.348. The van der Waals surface area contributed by atoms with Gasteiger partial charge in [0.15, 0.2) is 0 Å². The number of cyclic esters (lactones) is 1. The number of rotatable bonds is 4. The minimum absolute atomic E-state index is 0.0267. The molecule has 0 atom stereocenters. The summed E-state index contributed by atoms with van der Waals surface area (Å²) in [6, 6.07) is 9.51. The third-order valence-electron chi connectivity index (χ3n) is 6.94. The highest BCUT2D eigenvalue weighted by Gasteiger charge is 2.53. The first-order valence-corrected chi connectivity index (χ1v) is 9.84. The highest BCUT2D eigenvalue weighted by Crippen LogP contribution is 2.45. The molecule has 1 saturated heterocycles. The van der Waals surface area contributed by atoms with Crippen molar-refractivity contribution in [3.8, 4) is 0 Å². The van der Waals surface area contributed by atoms with Crippen LogP contribution in [0.1, 0.15) is 61.5 Å². The SMILES string of the molecule is CN(C(=O)[C@H]1C[C@]2(COC(=O)N2)C1)[C@H]1C[C@@H](c2ccc(C3CC3)cc2)C1. The number of carbonyl (C=O) groups excluding carboxylic acids is 2. The average molecular weight is 354 g/mol. The van der Waals surface area contributed by atoms with Gasteiger partial charge in [0, 0.05) is 19.0 Å². The standard InChI is InChI=1S/C21H26N2O3/c1-23(19(24)17-10-21(11-17)12-26-20(25)22-21)18-8-16(9-18)15-6-4-14(5-7-15)13-2-3-13/h4-7,13,16-18H,2-3,8-12H2,1H3,(H,22,25)/t16-,17-,18+,21+. The monoisotopic (exact) mass is 354 g/mol. The van der Waals surface area contributed by atoms with Crippen LogP contribution < -0.4 is 5.32 Å². The van der Waals surface area contributed by atoms with Crippen molar-refractivity contribution in [2.75, 3.05) is 13.7 Å². The third-order valence-corrected chi connectivity index (χ3v) is 6.94. The maximum absolute atomic E-state index is 12.7. The molecular weight excluding hydrogens is 328 g/mol. The molecule has 0 radical (unpaired) electrons. The van der Waals surface area contributed by atoms with Crippen LogP contribution in [0.2, 0.25) is 0 Å². The van der Waals surface area contributed by atoms with Crippen LogP contribution in [0.15, 0.2) is 24.3 Å². The average Bonchev–Trinajstić information content (AvgIpc) is 3.34. The van der Waals surface area contributed by atoms with Crippen LogP contribution in [0.3, 0.4) is 0 Å². The fourth-order valence-corrected chi connectivity index (χ4v) is 4.87. The molecule has 5 heteroatoms. The molecule has 0 unspecified atom stereocenters. The van der Waals surface area contributed by atoms with Crippen molar-refractivity contribution in [3.63, 3.8) is 0 Å². The molecule has 4 fully saturated rings. The Hall–Kier alpha value is -2.04. The number of carbonyl (C=O) groups is 2. The van der Waals surface area contributed by atoms with Crippen molar-refractivity contribution in [1.29, 1.82) is 0 Å². The topological polar surface area (TPSA) is 58.6 Å². The van der Waals surface area contributed by atoms with Crippen molar-refractivity contribution in [1.82, 2.24) is 10.2 Å². The molecular formula is C21H26N2O3. The van der Waals surface area contributed by atoms with Gasteiger partial charge in [0.2, 0.25) is 5.91 Å². The zero-order chi connectivity index (χ0) is 17.9. The molecule has 1 aromatic carbocycles. The zero-order valence-corrected chi connectivity index (χ0v) is 15.2. The van der Waals surface area contributed by atoms with Gasteiger partial charge in [-0.05, 0) is 61.5 Å². The number of hydrogen-bond donors (Lipinski definition) is 1. The molecule has 5 nitrogen and oxygen atoms in total. The molecule has 1 aromatic rings. The van der Waals surface area contributed by atoms with E-state index < -0.39 is 0 Å². The molecule has 1 aliphatic heterocycles. The molecule has 1 spiro atoms. The summed E-state index contributed by atoms with van der Waals surface area (Å²) in [7, 11) is 1.94. The molecule has 138 valence electrons. The van der Waals surface area contributed by atoms with Crippen molar-refractivity contribution in [2.45, 2.75) is 61.9 Å². The second-order valence-electron chi connectivity index (χ2n) is 8.80. The van der Waals surface area contributed by atoms with Gasteiger partial charge >= 0.3 is 6.09 Å². The lowest BCUT2D eigenvalue weighted by Crippen LogP contribution is -2.59. The molecule has 26 heavy (non-hydrogen) atoms. The Kier molecular flexibility index (Phi) is 3.56. The molecule has 0 aromatic heterocycles. The Morgan fingerprint density at radius 1 is 1.12 bits per heavy atom. The summed E-state index contributed by atoms with van der Waals surface area (Å²) >= 11 is 0. The normalized spacial score (nSPS) is 35.3. The quantitative estimate of drug-likeness (QED) is 0.904. The van der Waals surface area contributed by atoms with E-state index in [0.717, 1.165) is 18.8 Å². The van der Waals surface area contributed by atoms with Gasteiger partial charge in [-0.15, -0.1) is 0 Å². The molecule has 5 rings (SSSR count). The highest BCUT2D eigenvalue weighted by atomic mass is 16.6. The second kappa shape index (κ2) is 5.73. The molecule has 2 amide bonds. The van der Waals surface area contributed by atoms with Gasteiger partial charge in [-0.25, -0.2) is 4.79 Å². The summed E-state index contributed by atoms with van der Waals surface area (Å²) in [5.41, 5.74) is 2.63. The number of nitrogens with zero attached hydrogens (tertiary/aromatic N) is 1. The van der Waals surface area contributed by atoms with E-state index in [-0.39, 0.29) is 23.5 Å². The predicted molar refractivity (Wildman–Crippen MR) is 96.9 cm³/mol. The van der Waals surface area contributed by atoms with Gasteiger partial charge in [-0.3, -0.25) is 4.79 Å². The molecule has 3 aliphatic carbocycles. The van der Waals surface area contributed by atoms with E-state index in [2.05, 4.69) is 29.6 Å². The van der Waals surface area contributed by atoms with Gasteiger partial charge < -0.3 is 15.0 Å². The van der Waals surface area contributed by atoms with E-state index in [1.807, 2.05) is 11.9 Å². The van der Waals surface area contributed by atoms with Crippen LogP contribution >= 0.6 is 0 Å². The van der Waals surface area contributed by atoms with E-state index in [1.165, 1.54) is 24.0 Å². The lowest BCUT2D eigenvalue weighted by Gasteiger charge is -2.47. The smallest absolute Gasteiger partial charge is 0.407 e. The van der Waals surface area contributed by atoms with Gasteiger partial charge in [0.1, 0.15) is 6.61 Å². The largest absolute Gasteiger partial charge is 0.447 e. The third kappa shape index (κ3) is 2.68. The summed E-state index contributed by atoms with van der Waals surface area (Å²) in [4.78, 5) is 25.9. The highest BCUT2D eigenvalue weighted by molar-refractivity contribution is 5.81. The lowest BCUT2D eigenvalue weighted by molar-refractivity contribution is -0.143. The van der Waals surface area contributed by atoms with Gasteiger partial charge in [-0.1, -0.05) is 24.3 Å². The first-order valence-electron chi connectivity index (χ1n) is 9.84. The summed E-state index contributed by atoms with van der Waals surface area (Å²) in [5, 5.41) is 2.86. The lowest BCUT2D eigenvalue weighted by atomic mass is 9.67. The van der Waals surface area contributed by atoms with Gasteiger partial charge in [-0.2, -0.15) is 0 Å². The fraction of sp³-hybridized carbons (Fsp3) is 0.619. The molecule has 1 heterocycles. The van der Waals surface area contributed by atoms with Crippen LogP contribution in [0, 0.1) is 5.92 Å². The number of alkyl carbamates (subject to hydrolysis) is 1. The predicted octanol–water partition coefficient (Wildman–Crippen LogP) is 3.16. The van der Waals surface area contributed by atoms with E-state index >= 15 is 0 Å². The second-order valence-corrected chi connectivity index (χ2v) is 8.80. The Bertz CT molecular complexity index is 728. The Morgan fingerprint density at radius 2 is 1.73 bits per heavy atom. The summed E-state index contributed by atoms with van der Waals surface area (Å²) in [5.74, 6) is 1.64. The first kappa shape index (κ1) is 16.2. The number of benzene rings is 1. The maximum Gasteiger partial charge on any atom is 0.407 e. The summed E-state index contributed by atoms with van der Waals surface area (Å²) in [6.45, 7) is 0.404. The van der Waals surface area contributed by atoms with Crippen LogP contribution in [0.5, 0.6) is 0 Å². The van der Waals surface area contributed by atoms with Crippen LogP contribution in [-0.2, 0) is 9.53 Å². The van der Waals surface area contributed by atoms with Gasteiger partial charge in [0.25, 0.3) is 0 Å². The maximum atomic E-state index is 12.7. The van der Waals surface area contributed by atoms with Crippen molar-refractivity contribution >= 4 is 12.0 Å². The number of hydrogen-bond acceptors (Lipinski definition) is 3. The Morgan fingerprint density at radius 3 is 2.27 bits per heavy atom. The fourth-order valence-electron chi connectivity index (χ4n) is 4.87. The Balaban J connectivity index is 1.12. The molecule has 0 bridgehead atoms. The number of amides is 2. The number of nitrogens with one attached hydrogen (secondary N) is 1. The first-order chi connectivity index (χ1) is 12.5. The Labute approximate surface area is 154 Å². The van der Waals surface area contributed by atoms with Crippen LogP contribution in [-0.4, -0.2) is 42.1 Å². The van der Waals surface area contributed by atoms with Crippen molar-refractivity contribution < 1.29 is 14.3 Å². The van der Waals surface area contributed by atoms with E-state index in [0.29, 0.717) is 31.4 Å². The molecule has 4 aliphatic rings. The van der Waals surface area contributed by atoms with E-state index in [4.69, 9.17) is 4.74 Å². The van der Waals surface area contributed by atoms with Crippen LogP contribution in [0.25, 0.3) is 0 Å². The van der Waals surface area contributed by atoms with E-state index in [1.54, 1.807) is 0 Å². The zero-order valence-electron chi connectivity index (χ0n) is 15.2. The molecule has 1 N–H and O–H groups in total. The van der Waals surface area contributed by atoms with Crippen molar-refractivity contribution in [2.24, 2.45) is 5.92 Å². The van der Waals surface area contributed by atoms with E-state index in [9.17, 15) is 9.59 Å². The molecule has 3 saturated carbocycles. The van der Waals surface area contributed by atoms with Crippen LogP contribution in [0.4, 0.5) is 4.79 Å². The minimum Gasteiger partial charge on any atom is -0.447 e. The summed E-state index contributed by atoms with van der Waals surface area (Å²) in [6.07, 6.45) is 5.87. The van der Waals surface area contributed by atoms with Crippen molar-refractivity contribution in [3.05, 3.63) is 35.4 Å².